The molecule has 0 aromatic carbocycles. The molecule has 0 aromatic rings. The summed E-state index contributed by atoms with van der Waals surface area (Å²) in [6, 6.07) is 0. The van der Waals surface area contributed by atoms with Crippen molar-refractivity contribution in [3.63, 3.8) is 0 Å². The number of ether oxygens (including phenoxy) is 3. The van der Waals surface area contributed by atoms with Gasteiger partial charge < -0.3 is 14.2 Å². The fourth-order valence-electron chi connectivity index (χ4n) is 1.99. The van der Waals surface area contributed by atoms with Gasteiger partial charge in [0.2, 0.25) is 0 Å². The number of methoxy groups -OCH3 is 1. The minimum Gasteiger partial charge on any atom is -0.463 e. The smallest absolute Gasteiger partial charge is 0.363 e. The molecule has 5 heteroatoms. The number of allylic oxidation sites excluding steroid dienone is 2. The normalized spacial score (nSPS) is 14.5. The molecule has 0 atom stereocenters. The second kappa shape index (κ2) is 8.48. The van der Waals surface area contributed by atoms with E-state index < -0.39 is 17.5 Å². The lowest BCUT2D eigenvalue weighted by Crippen LogP contribution is -2.49. The van der Waals surface area contributed by atoms with Crippen molar-refractivity contribution in [2.75, 3.05) is 20.3 Å². The van der Waals surface area contributed by atoms with Crippen LogP contribution in [0.15, 0.2) is 11.6 Å². The summed E-state index contributed by atoms with van der Waals surface area (Å²) in [5.41, 5.74) is -1.10. The molecule has 116 valence electrons. The molecule has 0 spiro atoms. The molecule has 0 radical (unpaired) electrons. The lowest BCUT2D eigenvalue weighted by Gasteiger charge is -2.22. The van der Waals surface area contributed by atoms with Crippen molar-refractivity contribution in [2.45, 2.75) is 45.1 Å². The van der Waals surface area contributed by atoms with Gasteiger partial charge in [0.15, 0.2) is 0 Å². The molecule has 0 saturated heterocycles. The van der Waals surface area contributed by atoms with Gasteiger partial charge in [0.05, 0.1) is 13.2 Å². The number of carbonyl (C=O) groups is 2. The van der Waals surface area contributed by atoms with Crippen molar-refractivity contribution >= 4 is 11.9 Å². The zero-order valence-electron chi connectivity index (χ0n) is 12.9. The average molecular weight is 294 g/mol. The molecule has 0 saturated carbocycles. The Hall–Kier alpha value is -1.80. The highest BCUT2D eigenvalue weighted by Gasteiger charge is 2.48. The lowest BCUT2D eigenvalue weighted by atomic mass is 9.98. The van der Waals surface area contributed by atoms with E-state index in [9.17, 15) is 9.59 Å². The van der Waals surface area contributed by atoms with Gasteiger partial charge in [0.25, 0.3) is 0 Å². The topological polar surface area (TPSA) is 61.8 Å². The molecular weight excluding hydrogens is 272 g/mol. The summed E-state index contributed by atoms with van der Waals surface area (Å²) in [6.07, 6.45) is 6.02. The second-order valence-electron chi connectivity index (χ2n) is 4.55. The molecule has 0 fully saturated rings. The van der Waals surface area contributed by atoms with Crippen molar-refractivity contribution in [3.05, 3.63) is 11.6 Å². The van der Waals surface area contributed by atoms with Crippen LogP contribution in [-0.2, 0) is 23.8 Å². The van der Waals surface area contributed by atoms with Gasteiger partial charge in [-0.25, -0.2) is 9.59 Å². The fraction of sp³-hybridized carbons (Fsp3) is 0.625. The van der Waals surface area contributed by atoms with E-state index in [-0.39, 0.29) is 13.2 Å². The van der Waals surface area contributed by atoms with Crippen LogP contribution in [0.1, 0.15) is 39.5 Å². The van der Waals surface area contributed by atoms with E-state index in [0.717, 1.165) is 31.3 Å². The van der Waals surface area contributed by atoms with Gasteiger partial charge in [-0.15, -0.1) is 0 Å². The summed E-state index contributed by atoms with van der Waals surface area (Å²) < 4.78 is 14.9. The van der Waals surface area contributed by atoms with Crippen molar-refractivity contribution in [2.24, 2.45) is 0 Å². The molecule has 5 nitrogen and oxygen atoms in total. The summed E-state index contributed by atoms with van der Waals surface area (Å²) in [7, 11) is 1.25. The first-order chi connectivity index (χ1) is 10.1. The Labute approximate surface area is 125 Å². The maximum absolute atomic E-state index is 12.1. The standard InChI is InChI=1S/C16H22O5/c1-4-20-14(17)16(19-3,15(18)21-5-2)12-11-13-9-7-6-8-10-13/h9H,4-8,10H2,1-3H3. The van der Waals surface area contributed by atoms with Gasteiger partial charge in [-0.1, -0.05) is 12.0 Å². The number of rotatable bonds is 5. The Morgan fingerprint density at radius 2 is 1.81 bits per heavy atom. The van der Waals surface area contributed by atoms with Crippen LogP contribution in [0.5, 0.6) is 0 Å². The van der Waals surface area contributed by atoms with Gasteiger partial charge in [-0.3, -0.25) is 0 Å². The first kappa shape index (κ1) is 17.3. The predicted octanol–water partition coefficient (Wildman–Crippen LogP) is 2.00. The second-order valence-corrected chi connectivity index (χ2v) is 4.55. The van der Waals surface area contributed by atoms with Crippen LogP contribution in [0, 0.1) is 11.8 Å². The quantitative estimate of drug-likeness (QED) is 0.441. The highest BCUT2D eigenvalue weighted by molar-refractivity contribution is 6.07. The van der Waals surface area contributed by atoms with E-state index in [1.165, 1.54) is 7.11 Å². The van der Waals surface area contributed by atoms with Crippen LogP contribution in [-0.4, -0.2) is 37.9 Å². The number of hydrogen-bond acceptors (Lipinski definition) is 5. The van der Waals surface area contributed by atoms with Crippen molar-refractivity contribution in [1.82, 2.24) is 0 Å². The third kappa shape index (κ3) is 4.33. The molecule has 0 amide bonds. The van der Waals surface area contributed by atoms with E-state index in [1.807, 2.05) is 6.08 Å². The maximum atomic E-state index is 12.1. The van der Waals surface area contributed by atoms with E-state index in [4.69, 9.17) is 14.2 Å². The minimum absolute atomic E-state index is 0.133. The molecule has 0 heterocycles. The van der Waals surface area contributed by atoms with Crippen LogP contribution in [0.4, 0.5) is 0 Å². The van der Waals surface area contributed by atoms with E-state index in [0.29, 0.717) is 0 Å². The largest absolute Gasteiger partial charge is 0.463 e. The highest BCUT2D eigenvalue weighted by atomic mass is 16.6. The summed E-state index contributed by atoms with van der Waals surface area (Å²) in [6.45, 7) is 3.57. The van der Waals surface area contributed by atoms with E-state index in [2.05, 4.69) is 11.8 Å². The third-order valence-electron chi connectivity index (χ3n) is 3.12. The molecule has 1 rings (SSSR count). The van der Waals surface area contributed by atoms with E-state index in [1.54, 1.807) is 13.8 Å². The minimum atomic E-state index is -2.01. The molecule has 0 unspecified atom stereocenters. The van der Waals surface area contributed by atoms with Gasteiger partial charge in [-0.2, -0.15) is 0 Å². The van der Waals surface area contributed by atoms with Crippen LogP contribution in [0.3, 0.4) is 0 Å². The Kier molecular flexibility index (Phi) is 6.97. The Bertz CT molecular complexity index is 449. The molecule has 0 bridgehead atoms. The number of hydrogen-bond donors (Lipinski definition) is 0. The fourth-order valence-corrected chi connectivity index (χ4v) is 1.99. The number of carbonyl (C=O) groups excluding carboxylic acids is 2. The number of esters is 2. The Morgan fingerprint density at radius 1 is 1.19 bits per heavy atom. The predicted molar refractivity (Wildman–Crippen MR) is 77.3 cm³/mol. The first-order valence-electron chi connectivity index (χ1n) is 7.22. The summed E-state index contributed by atoms with van der Waals surface area (Å²) in [5, 5.41) is 0. The van der Waals surface area contributed by atoms with Gasteiger partial charge in [0, 0.05) is 7.11 Å². The highest BCUT2D eigenvalue weighted by Crippen LogP contribution is 2.19. The van der Waals surface area contributed by atoms with Crippen molar-refractivity contribution in [3.8, 4) is 11.8 Å². The summed E-state index contributed by atoms with van der Waals surface area (Å²) in [5.74, 6) is 3.83. The SMILES string of the molecule is CCOC(=O)C(C#CC1=CCCCC1)(OC)C(=O)OCC. The molecule has 21 heavy (non-hydrogen) atoms. The van der Waals surface area contributed by atoms with Crippen LogP contribution in [0.2, 0.25) is 0 Å². The first-order valence-corrected chi connectivity index (χ1v) is 7.22. The molecule has 1 aliphatic rings. The molecule has 0 N–H and O–H groups in total. The van der Waals surface area contributed by atoms with E-state index >= 15 is 0 Å². The molecule has 0 aliphatic heterocycles. The van der Waals surface area contributed by atoms with Gasteiger partial charge in [-0.05, 0) is 51.0 Å². The molecule has 1 aliphatic carbocycles. The maximum Gasteiger partial charge on any atom is 0.363 e. The average Bonchev–Trinajstić information content (AvgIpc) is 2.50. The summed E-state index contributed by atoms with van der Waals surface area (Å²) in [4.78, 5) is 24.2. The molecule has 0 aromatic heterocycles. The van der Waals surface area contributed by atoms with Crippen LogP contribution in [0.25, 0.3) is 0 Å². The Balaban J connectivity index is 3.10. The molecular formula is C16H22O5. The monoisotopic (exact) mass is 294 g/mol. The van der Waals surface area contributed by atoms with Crippen molar-refractivity contribution < 1.29 is 23.8 Å². The zero-order chi connectivity index (χ0) is 15.7. The lowest BCUT2D eigenvalue weighted by molar-refractivity contribution is -0.179. The van der Waals surface area contributed by atoms with Crippen LogP contribution < -0.4 is 0 Å². The van der Waals surface area contributed by atoms with Crippen LogP contribution >= 0.6 is 0 Å². The van der Waals surface area contributed by atoms with Gasteiger partial charge >= 0.3 is 17.5 Å². The third-order valence-corrected chi connectivity index (χ3v) is 3.12. The van der Waals surface area contributed by atoms with Crippen molar-refractivity contribution in [1.29, 1.82) is 0 Å². The van der Waals surface area contributed by atoms with Gasteiger partial charge in [0.1, 0.15) is 0 Å². The zero-order valence-corrected chi connectivity index (χ0v) is 12.9. The Morgan fingerprint density at radius 3 is 2.24 bits per heavy atom. The summed E-state index contributed by atoms with van der Waals surface area (Å²) >= 11 is 0.